The van der Waals surface area contributed by atoms with Crippen molar-refractivity contribution < 1.29 is 51.3 Å². The number of halogens is 4. The first-order chi connectivity index (χ1) is 32.6. The van der Waals surface area contributed by atoms with Gasteiger partial charge < -0.3 is 39.8 Å². The van der Waals surface area contributed by atoms with Crippen molar-refractivity contribution in [3.63, 3.8) is 0 Å². The van der Waals surface area contributed by atoms with Gasteiger partial charge in [0, 0.05) is 57.0 Å². The van der Waals surface area contributed by atoms with Crippen LogP contribution in [0.25, 0.3) is 22.5 Å². The Bertz CT molecular complexity index is 2810. The van der Waals surface area contributed by atoms with E-state index in [2.05, 4.69) is 41.2 Å². The number of aromatic nitrogens is 8. The van der Waals surface area contributed by atoms with E-state index in [4.69, 9.17) is 14.2 Å². The predicted octanol–water partition coefficient (Wildman–Crippen LogP) is 5.29. The number of carbonyl (C=O) groups is 3. The summed E-state index contributed by atoms with van der Waals surface area (Å²) >= 11 is 0. The molecule has 6 aromatic rings. The number of pyridine rings is 2. The summed E-state index contributed by atoms with van der Waals surface area (Å²) in [5.41, 5.74) is 2.62. The number of nitrogens with one attached hydrogen (secondary N) is 2. The fourth-order valence-electron chi connectivity index (χ4n) is 8.40. The van der Waals surface area contributed by atoms with E-state index < -0.39 is 52.5 Å². The molecule has 23 heteroatoms. The number of aliphatic hydroxyl groups is 1. The van der Waals surface area contributed by atoms with Crippen molar-refractivity contribution in [2.24, 2.45) is 14.1 Å². The average molecular weight is 945 g/mol. The van der Waals surface area contributed by atoms with E-state index in [1.807, 2.05) is 9.80 Å². The summed E-state index contributed by atoms with van der Waals surface area (Å²) in [4.78, 5) is 49.8. The third-order valence-corrected chi connectivity index (χ3v) is 11.8. The molecule has 2 fully saturated rings. The fraction of sp³-hybridized carbons (Fsp3) is 0.356. The highest BCUT2D eigenvalue weighted by molar-refractivity contribution is 5.97. The van der Waals surface area contributed by atoms with Crippen LogP contribution < -0.4 is 20.4 Å². The summed E-state index contributed by atoms with van der Waals surface area (Å²) in [7, 11) is 7.29. The van der Waals surface area contributed by atoms with Gasteiger partial charge in [0.05, 0.1) is 81.0 Å². The van der Waals surface area contributed by atoms with E-state index in [1.165, 1.54) is 50.4 Å². The number of methoxy groups -OCH3 is 3. The Morgan fingerprint density at radius 2 is 1.13 bits per heavy atom. The smallest absolute Gasteiger partial charge is 0.407 e. The molecular formula is C45H48F4N12O7. The summed E-state index contributed by atoms with van der Waals surface area (Å²) < 4.78 is 71.9. The summed E-state index contributed by atoms with van der Waals surface area (Å²) in [6.07, 6.45) is 7.86. The van der Waals surface area contributed by atoms with Crippen molar-refractivity contribution >= 4 is 29.5 Å². The molecule has 2 amide bonds. The van der Waals surface area contributed by atoms with Crippen LogP contribution in [-0.4, -0.2) is 111 Å². The quantitative estimate of drug-likeness (QED) is 0.0903. The molecule has 2 saturated heterocycles. The van der Waals surface area contributed by atoms with Gasteiger partial charge >= 0.3 is 18.2 Å². The molecule has 2 aliphatic rings. The summed E-state index contributed by atoms with van der Waals surface area (Å²) in [5.74, 6) is -4.54. The molecule has 0 bridgehead atoms. The van der Waals surface area contributed by atoms with Crippen LogP contribution in [0.15, 0.2) is 73.3 Å². The number of aliphatic hydroxyl groups excluding tert-OH is 1. The number of amides is 2. The molecule has 4 aromatic heterocycles. The average Bonchev–Trinajstić information content (AvgIpc) is 4.01. The third-order valence-electron chi connectivity index (χ3n) is 11.8. The van der Waals surface area contributed by atoms with Gasteiger partial charge in [-0.1, -0.05) is 10.4 Å². The number of hydrogen-bond acceptors (Lipinski definition) is 15. The molecule has 2 unspecified atom stereocenters. The topological polar surface area (TPSA) is 217 Å². The number of ether oxygens (including phenoxy) is 3. The van der Waals surface area contributed by atoms with Crippen LogP contribution in [0.3, 0.4) is 0 Å². The monoisotopic (exact) mass is 944 g/mol. The number of alkyl carbamates (subject to hydrolysis) is 2. The van der Waals surface area contributed by atoms with Crippen molar-refractivity contribution in [3.05, 3.63) is 119 Å². The van der Waals surface area contributed by atoms with E-state index in [9.17, 15) is 37.1 Å². The predicted molar refractivity (Wildman–Crippen MR) is 236 cm³/mol. The number of aryl methyl sites for hydroxylation is 2. The first kappa shape index (κ1) is 48.2. The molecule has 3 N–H and O–H groups in total. The number of nitrogens with zero attached hydrogens (tertiary/aromatic N) is 10. The largest absolute Gasteiger partial charge is 0.465 e. The molecule has 19 nitrogen and oxygen atoms in total. The highest BCUT2D eigenvalue weighted by atomic mass is 19.2. The molecule has 6 heterocycles. The highest BCUT2D eigenvalue weighted by Gasteiger charge is 2.43. The van der Waals surface area contributed by atoms with Crippen molar-refractivity contribution in [2.45, 2.75) is 43.4 Å². The molecule has 0 spiro atoms. The maximum Gasteiger partial charge on any atom is 0.407 e. The van der Waals surface area contributed by atoms with Crippen LogP contribution in [0.5, 0.6) is 0 Å². The number of carbonyl (C=O) groups excluding carboxylic acids is 3. The second-order valence-electron chi connectivity index (χ2n) is 16.2. The van der Waals surface area contributed by atoms with Crippen molar-refractivity contribution in [1.82, 2.24) is 50.6 Å². The first-order valence-electron chi connectivity index (χ1n) is 21.2. The van der Waals surface area contributed by atoms with E-state index in [-0.39, 0.29) is 24.4 Å². The molecule has 68 heavy (non-hydrogen) atoms. The lowest BCUT2D eigenvalue weighted by atomic mass is 9.85. The third kappa shape index (κ3) is 10.3. The van der Waals surface area contributed by atoms with Gasteiger partial charge in [0.15, 0.2) is 23.3 Å². The van der Waals surface area contributed by atoms with E-state index in [0.717, 1.165) is 30.7 Å². The number of hydrogen-bond donors (Lipinski definition) is 3. The molecule has 2 aromatic carbocycles. The van der Waals surface area contributed by atoms with Crippen molar-refractivity contribution in [3.8, 4) is 22.5 Å². The van der Waals surface area contributed by atoms with Crippen LogP contribution in [-0.2, 0) is 46.0 Å². The Morgan fingerprint density at radius 3 is 1.56 bits per heavy atom. The van der Waals surface area contributed by atoms with Gasteiger partial charge in [0.2, 0.25) is 0 Å². The van der Waals surface area contributed by atoms with Gasteiger partial charge in [0.25, 0.3) is 0 Å². The fourth-order valence-corrected chi connectivity index (χ4v) is 8.40. The number of anilines is 2. The highest BCUT2D eigenvalue weighted by Crippen LogP contribution is 2.37. The Morgan fingerprint density at radius 1 is 0.662 bits per heavy atom. The Kier molecular flexibility index (Phi) is 14.5. The van der Waals surface area contributed by atoms with E-state index >= 15 is 0 Å². The molecule has 8 rings (SSSR count). The lowest BCUT2D eigenvalue weighted by Gasteiger charge is -2.43. The second kappa shape index (κ2) is 20.4. The SMILES string of the molecule is COC(=O)NC1(c2cn(C)nn2)CCCN(c2cnc(-c3ccc(F)c(F)c3)cc2C(=O)OC)C1.COC(=O)NC1(c2cn(C)nn2)CCCN(c2cnc(-c3ccc(F)c(F)c3)cc2CO)C1. The van der Waals surface area contributed by atoms with Crippen LogP contribution >= 0.6 is 0 Å². The molecular weight excluding hydrogens is 897 g/mol. The number of esters is 1. The van der Waals surface area contributed by atoms with Gasteiger partial charge in [-0.05, 0) is 74.2 Å². The minimum absolute atomic E-state index is 0.190. The summed E-state index contributed by atoms with van der Waals surface area (Å²) in [5, 5.41) is 32.3. The zero-order valence-corrected chi connectivity index (χ0v) is 37.7. The Labute approximate surface area is 387 Å². The number of benzene rings is 2. The summed E-state index contributed by atoms with van der Waals surface area (Å²) in [6.45, 7) is 1.52. The molecule has 0 radical (unpaired) electrons. The Balaban J connectivity index is 0.000000202. The van der Waals surface area contributed by atoms with Gasteiger partial charge in [-0.2, -0.15) is 0 Å². The molecule has 358 valence electrons. The normalized spacial score (nSPS) is 18.0. The van der Waals surface area contributed by atoms with Crippen molar-refractivity contribution in [2.75, 3.05) is 57.3 Å². The number of piperidine rings is 2. The lowest BCUT2D eigenvalue weighted by molar-refractivity contribution is 0.0600. The van der Waals surface area contributed by atoms with Gasteiger partial charge in [-0.15, -0.1) is 10.2 Å². The van der Waals surface area contributed by atoms with Crippen molar-refractivity contribution in [1.29, 1.82) is 0 Å². The summed E-state index contributed by atoms with van der Waals surface area (Å²) in [6, 6.07) is 10.0. The van der Waals surface area contributed by atoms with Crippen LogP contribution in [0.1, 0.15) is 53.0 Å². The van der Waals surface area contributed by atoms with Gasteiger partial charge in [0.1, 0.15) is 22.5 Å². The maximum atomic E-state index is 13.8. The Hall–Kier alpha value is -7.69. The zero-order chi connectivity index (χ0) is 48.8. The maximum absolute atomic E-state index is 13.8. The molecule has 0 saturated carbocycles. The first-order valence-corrected chi connectivity index (χ1v) is 21.2. The van der Waals surface area contributed by atoms with E-state index in [1.54, 1.807) is 43.4 Å². The minimum atomic E-state index is -1.02. The lowest BCUT2D eigenvalue weighted by Crippen LogP contribution is -2.57. The minimum Gasteiger partial charge on any atom is -0.465 e. The van der Waals surface area contributed by atoms with Gasteiger partial charge in [-0.3, -0.25) is 19.3 Å². The van der Waals surface area contributed by atoms with Crippen LogP contribution in [0, 0.1) is 23.3 Å². The zero-order valence-electron chi connectivity index (χ0n) is 37.7. The van der Waals surface area contributed by atoms with E-state index in [0.29, 0.717) is 84.0 Å². The molecule has 2 aliphatic heterocycles. The molecule has 2 atom stereocenters. The standard InChI is InChI=1S/C23H24F2N6O4.C22H24F2N6O3/c1-30-12-20(28-29-30)23(27-22(33)35-3)7-4-8-31(13-23)19-11-26-18(10-15(19)21(32)34-2)14-5-6-16(24)17(25)9-14;1-29-11-20(27-28-29)22(26-21(32)33-2)6-3-7-30(13-22)19-10-25-18(9-15(19)12-31)14-4-5-16(23)17(24)8-14/h5-6,9-12H,4,7-8,13H2,1-3H3,(H,27,33);4-5,8-11,31H,3,6-7,12-13H2,1-2H3,(H,26,32). The second-order valence-corrected chi connectivity index (χ2v) is 16.2. The molecule has 0 aliphatic carbocycles. The van der Waals surface area contributed by atoms with Gasteiger partial charge in [-0.25, -0.2) is 31.9 Å². The van der Waals surface area contributed by atoms with Crippen LogP contribution in [0.2, 0.25) is 0 Å². The van der Waals surface area contributed by atoms with Crippen LogP contribution in [0.4, 0.5) is 38.5 Å². The number of rotatable bonds is 10.